The van der Waals surface area contributed by atoms with Crippen LogP contribution in [0, 0.1) is 0 Å². The van der Waals surface area contributed by atoms with Crippen molar-refractivity contribution < 1.29 is 14.3 Å². The number of carbonyl (C=O) groups is 2. The second kappa shape index (κ2) is 6.98. The Balaban J connectivity index is 2.55. The molecule has 0 spiro atoms. The van der Waals surface area contributed by atoms with Crippen molar-refractivity contribution in [1.29, 1.82) is 0 Å². The van der Waals surface area contributed by atoms with Gasteiger partial charge in [0.25, 0.3) is 5.91 Å². The summed E-state index contributed by atoms with van der Waals surface area (Å²) >= 11 is 1.35. The second-order valence-corrected chi connectivity index (χ2v) is 4.51. The van der Waals surface area contributed by atoms with Gasteiger partial charge in [-0.05, 0) is 31.2 Å². The molecule has 0 aromatic carbocycles. The Bertz CT molecular complexity index is 423. The van der Waals surface area contributed by atoms with Crippen molar-refractivity contribution in [1.82, 2.24) is 5.32 Å². The molecule has 1 heterocycles. The van der Waals surface area contributed by atoms with Gasteiger partial charge in [0, 0.05) is 18.5 Å². The Kier molecular flexibility index (Phi) is 5.59. The molecule has 0 saturated heterocycles. The lowest BCUT2D eigenvalue weighted by atomic mass is 10.3. The summed E-state index contributed by atoms with van der Waals surface area (Å²) in [6.45, 7) is 2.47. The largest absolute Gasteiger partial charge is 0.383 e. The van der Waals surface area contributed by atoms with Gasteiger partial charge in [0.15, 0.2) is 5.78 Å². The fraction of sp³-hybridized carbons (Fsp3) is 0.333. The molecule has 17 heavy (non-hydrogen) atoms. The minimum Gasteiger partial charge on any atom is -0.383 e. The van der Waals surface area contributed by atoms with Gasteiger partial charge in [-0.25, -0.2) is 0 Å². The quantitative estimate of drug-likeness (QED) is 0.620. The van der Waals surface area contributed by atoms with Gasteiger partial charge in [-0.3, -0.25) is 9.59 Å². The molecule has 1 N–H and O–H groups in total. The molecule has 1 amide bonds. The molecule has 0 radical (unpaired) electrons. The maximum Gasteiger partial charge on any atom is 0.261 e. The Labute approximate surface area is 104 Å². The summed E-state index contributed by atoms with van der Waals surface area (Å²) < 4.78 is 4.84. The van der Waals surface area contributed by atoms with E-state index in [4.69, 9.17) is 4.74 Å². The number of ketones is 1. The predicted molar refractivity (Wildman–Crippen MR) is 68.2 cm³/mol. The molecule has 0 aliphatic carbocycles. The van der Waals surface area contributed by atoms with Crippen molar-refractivity contribution in [3.8, 4) is 0 Å². The molecule has 0 bridgehead atoms. The lowest BCUT2D eigenvalue weighted by molar-refractivity contribution is -0.112. The smallest absolute Gasteiger partial charge is 0.261 e. The maximum absolute atomic E-state index is 11.6. The van der Waals surface area contributed by atoms with E-state index in [9.17, 15) is 9.59 Å². The third kappa shape index (κ3) is 4.93. The number of methoxy groups -OCH3 is 1. The number of ether oxygens (including phenoxy) is 1. The maximum atomic E-state index is 11.6. The highest BCUT2D eigenvalue weighted by atomic mass is 32.1. The minimum absolute atomic E-state index is 0.00973. The number of amides is 1. The van der Waals surface area contributed by atoms with E-state index in [1.807, 2.05) is 6.07 Å². The third-order valence-electron chi connectivity index (χ3n) is 1.92. The van der Waals surface area contributed by atoms with Crippen LogP contribution in [0.5, 0.6) is 0 Å². The Hall–Kier alpha value is -1.46. The van der Waals surface area contributed by atoms with Crippen molar-refractivity contribution in [2.45, 2.75) is 6.92 Å². The zero-order chi connectivity index (χ0) is 12.7. The zero-order valence-corrected chi connectivity index (χ0v) is 10.7. The molecule has 1 aromatic heterocycles. The van der Waals surface area contributed by atoms with E-state index in [-0.39, 0.29) is 11.7 Å². The summed E-state index contributed by atoms with van der Waals surface area (Å²) in [4.78, 5) is 23.9. The van der Waals surface area contributed by atoms with Crippen molar-refractivity contribution in [3.63, 3.8) is 0 Å². The SMILES string of the molecule is COCCNC(=O)c1ccc(C=CC(C)=O)s1. The van der Waals surface area contributed by atoms with Crippen LogP contribution < -0.4 is 5.32 Å². The monoisotopic (exact) mass is 253 g/mol. The Morgan fingerprint density at radius 1 is 1.47 bits per heavy atom. The van der Waals surface area contributed by atoms with Crippen LogP contribution in [-0.4, -0.2) is 32.0 Å². The molecule has 5 heteroatoms. The van der Waals surface area contributed by atoms with E-state index < -0.39 is 0 Å². The summed E-state index contributed by atoms with van der Waals surface area (Å²) in [6, 6.07) is 3.56. The number of rotatable bonds is 6. The van der Waals surface area contributed by atoms with Crippen LogP contribution in [0.25, 0.3) is 6.08 Å². The number of carbonyl (C=O) groups excluding carboxylic acids is 2. The molecule has 0 saturated carbocycles. The van der Waals surface area contributed by atoms with Crippen LogP contribution >= 0.6 is 11.3 Å². The molecule has 0 aliphatic rings. The summed E-state index contributed by atoms with van der Waals surface area (Å²) in [5, 5.41) is 2.73. The summed E-state index contributed by atoms with van der Waals surface area (Å²) in [7, 11) is 1.59. The zero-order valence-electron chi connectivity index (χ0n) is 9.86. The van der Waals surface area contributed by atoms with Gasteiger partial charge in [0.1, 0.15) is 0 Å². The van der Waals surface area contributed by atoms with Gasteiger partial charge in [-0.1, -0.05) is 0 Å². The van der Waals surface area contributed by atoms with Crippen LogP contribution in [0.4, 0.5) is 0 Å². The van der Waals surface area contributed by atoms with Gasteiger partial charge in [0.05, 0.1) is 11.5 Å². The van der Waals surface area contributed by atoms with Crippen LogP contribution in [0.2, 0.25) is 0 Å². The first-order chi connectivity index (χ1) is 8.13. The van der Waals surface area contributed by atoms with Crippen molar-refractivity contribution in [2.24, 2.45) is 0 Å². The van der Waals surface area contributed by atoms with Crippen molar-refractivity contribution in [2.75, 3.05) is 20.3 Å². The first-order valence-electron chi connectivity index (χ1n) is 5.19. The van der Waals surface area contributed by atoms with Gasteiger partial charge in [-0.2, -0.15) is 0 Å². The average molecular weight is 253 g/mol. The molecular formula is C12H15NO3S. The normalized spacial score (nSPS) is 10.7. The van der Waals surface area contributed by atoms with Gasteiger partial charge < -0.3 is 10.1 Å². The first-order valence-corrected chi connectivity index (χ1v) is 6.00. The van der Waals surface area contributed by atoms with Gasteiger partial charge in [-0.15, -0.1) is 11.3 Å². The van der Waals surface area contributed by atoms with E-state index in [2.05, 4.69) is 5.32 Å². The molecule has 0 unspecified atom stereocenters. The summed E-state index contributed by atoms with van der Waals surface area (Å²) in [5.74, 6) is -0.126. The molecular weight excluding hydrogens is 238 g/mol. The lowest BCUT2D eigenvalue weighted by Gasteiger charge is -2.01. The van der Waals surface area contributed by atoms with Gasteiger partial charge >= 0.3 is 0 Å². The number of hydrogen-bond acceptors (Lipinski definition) is 4. The molecule has 0 atom stereocenters. The highest BCUT2D eigenvalue weighted by Crippen LogP contribution is 2.17. The van der Waals surface area contributed by atoms with Crippen LogP contribution in [0.15, 0.2) is 18.2 Å². The van der Waals surface area contributed by atoms with Crippen LogP contribution in [-0.2, 0) is 9.53 Å². The second-order valence-electron chi connectivity index (χ2n) is 3.39. The van der Waals surface area contributed by atoms with Crippen LogP contribution in [0.3, 0.4) is 0 Å². The minimum atomic E-state index is -0.116. The molecule has 4 nitrogen and oxygen atoms in total. The molecule has 0 aliphatic heterocycles. The number of allylic oxidation sites excluding steroid dienone is 1. The third-order valence-corrected chi connectivity index (χ3v) is 2.97. The average Bonchev–Trinajstić information content (AvgIpc) is 2.75. The standard InChI is InChI=1S/C12H15NO3S/c1-9(14)3-4-10-5-6-11(17-10)12(15)13-7-8-16-2/h3-6H,7-8H2,1-2H3,(H,13,15). The van der Waals surface area contributed by atoms with E-state index in [0.717, 1.165) is 4.88 Å². The molecule has 1 rings (SSSR count). The number of hydrogen-bond donors (Lipinski definition) is 1. The lowest BCUT2D eigenvalue weighted by Crippen LogP contribution is -2.26. The van der Waals surface area contributed by atoms with E-state index in [0.29, 0.717) is 18.0 Å². The fourth-order valence-electron chi connectivity index (χ4n) is 1.12. The van der Waals surface area contributed by atoms with E-state index >= 15 is 0 Å². The molecule has 0 fully saturated rings. The Morgan fingerprint density at radius 3 is 2.88 bits per heavy atom. The van der Waals surface area contributed by atoms with Crippen LogP contribution in [0.1, 0.15) is 21.5 Å². The fourth-order valence-corrected chi connectivity index (χ4v) is 1.94. The summed E-state index contributed by atoms with van der Waals surface area (Å²) in [5.41, 5.74) is 0. The highest BCUT2D eigenvalue weighted by molar-refractivity contribution is 7.14. The first kappa shape index (κ1) is 13.6. The number of nitrogens with one attached hydrogen (secondary N) is 1. The predicted octanol–water partition coefficient (Wildman–Crippen LogP) is 1.73. The molecule has 92 valence electrons. The van der Waals surface area contributed by atoms with E-state index in [1.54, 1.807) is 19.3 Å². The Morgan fingerprint density at radius 2 is 2.24 bits per heavy atom. The highest BCUT2D eigenvalue weighted by Gasteiger charge is 2.07. The van der Waals surface area contributed by atoms with Crippen molar-refractivity contribution in [3.05, 3.63) is 28.0 Å². The topological polar surface area (TPSA) is 55.4 Å². The summed E-state index contributed by atoms with van der Waals surface area (Å²) in [6.07, 6.45) is 3.19. The number of thiophene rings is 1. The van der Waals surface area contributed by atoms with Gasteiger partial charge in [0.2, 0.25) is 0 Å². The van der Waals surface area contributed by atoms with E-state index in [1.165, 1.54) is 24.3 Å². The molecule has 1 aromatic rings. The van der Waals surface area contributed by atoms with Crippen molar-refractivity contribution >= 4 is 29.1 Å².